The van der Waals surface area contributed by atoms with Gasteiger partial charge in [0.2, 0.25) is 0 Å². The number of hydrogen-bond acceptors (Lipinski definition) is 7. The van der Waals surface area contributed by atoms with Crippen LogP contribution in [0.2, 0.25) is 0 Å². The molecule has 0 unspecified atom stereocenters. The number of ether oxygens (including phenoxy) is 1. The molecule has 8 nitrogen and oxygen atoms in total. The smallest absolute Gasteiger partial charge is 0.338 e. The molecule has 1 atom stereocenters. The van der Waals surface area contributed by atoms with Crippen LogP contribution in [0, 0.1) is 0 Å². The molecule has 10 heteroatoms. The first-order valence-electron chi connectivity index (χ1n) is 7.20. The van der Waals surface area contributed by atoms with E-state index < -0.39 is 22.1 Å². The van der Waals surface area contributed by atoms with Gasteiger partial charge in [-0.1, -0.05) is 0 Å². The summed E-state index contributed by atoms with van der Waals surface area (Å²) in [6.07, 6.45) is -0.509. The van der Waals surface area contributed by atoms with Crippen LogP contribution in [0.4, 0.5) is 0 Å². The average molecular weight is 364 g/mol. The zero-order valence-electron chi connectivity index (χ0n) is 12.7. The van der Waals surface area contributed by atoms with Gasteiger partial charge in [-0.15, -0.1) is 11.3 Å². The quantitative estimate of drug-likeness (QED) is 0.502. The number of thiophene rings is 1. The molecule has 0 spiro atoms. The Morgan fingerprint density at radius 2 is 2.26 bits per heavy atom. The SMILES string of the molecule is CCOC[C@H](O)CNS(=O)(=O)c1sc2c(c1C(=O)O)CCNC2. The van der Waals surface area contributed by atoms with E-state index in [0.29, 0.717) is 31.7 Å². The van der Waals surface area contributed by atoms with E-state index in [-0.39, 0.29) is 22.9 Å². The van der Waals surface area contributed by atoms with Crippen molar-refractivity contribution >= 4 is 27.3 Å². The van der Waals surface area contributed by atoms with Crippen LogP contribution in [-0.2, 0) is 27.7 Å². The van der Waals surface area contributed by atoms with Gasteiger partial charge in [-0.3, -0.25) is 0 Å². The topological polar surface area (TPSA) is 125 Å². The molecular weight excluding hydrogens is 344 g/mol. The Kier molecular flexibility index (Phi) is 6.12. The largest absolute Gasteiger partial charge is 0.478 e. The number of carboxylic acids is 1. The van der Waals surface area contributed by atoms with Crippen LogP contribution < -0.4 is 10.0 Å². The summed E-state index contributed by atoms with van der Waals surface area (Å²) in [4.78, 5) is 12.2. The summed E-state index contributed by atoms with van der Waals surface area (Å²) in [7, 11) is -4.01. The maximum atomic E-state index is 12.4. The van der Waals surface area contributed by atoms with Gasteiger partial charge in [0.1, 0.15) is 4.21 Å². The highest BCUT2D eigenvalue weighted by Crippen LogP contribution is 2.34. The van der Waals surface area contributed by atoms with Gasteiger partial charge in [0, 0.05) is 24.6 Å². The fraction of sp³-hybridized carbons (Fsp3) is 0.615. The van der Waals surface area contributed by atoms with Crippen LogP contribution in [0.25, 0.3) is 0 Å². The van der Waals surface area contributed by atoms with Gasteiger partial charge in [0.25, 0.3) is 10.0 Å². The Morgan fingerprint density at radius 3 is 2.91 bits per heavy atom. The molecule has 1 aliphatic heterocycles. The monoisotopic (exact) mass is 364 g/mol. The van der Waals surface area contributed by atoms with Crippen molar-refractivity contribution in [1.82, 2.24) is 10.0 Å². The van der Waals surface area contributed by atoms with Crippen LogP contribution in [0.15, 0.2) is 4.21 Å². The van der Waals surface area contributed by atoms with E-state index in [1.807, 2.05) is 0 Å². The van der Waals surface area contributed by atoms with Crippen molar-refractivity contribution in [2.45, 2.75) is 30.2 Å². The summed E-state index contributed by atoms with van der Waals surface area (Å²) in [5.41, 5.74) is 0.426. The number of rotatable bonds is 8. The molecule has 4 N–H and O–H groups in total. The fourth-order valence-corrected chi connectivity index (χ4v) is 5.28. The van der Waals surface area contributed by atoms with Crippen LogP contribution in [-0.4, -0.2) is 57.0 Å². The van der Waals surface area contributed by atoms with Crippen LogP contribution >= 0.6 is 11.3 Å². The van der Waals surface area contributed by atoms with E-state index in [1.165, 1.54) is 0 Å². The minimum absolute atomic E-state index is 0.00959. The fourth-order valence-electron chi connectivity index (χ4n) is 2.30. The third-order valence-corrected chi connectivity index (χ3v) is 6.55. The number of aliphatic hydroxyl groups is 1. The van der Waals surface area contributed by atoms with Crippen LogP contribution in [0.1, 0.15) is 27.7 Å². The number of nitrogens with one attached hydrogen (secondary N) is 2. The van der Waals surface area contributed by atoms with Crippen molar-refractivity contribution < 1.29 is 28.2 Å². The molecule has 0 amide bonds. The molecule has 0 fully saturated rings. The molecule has 2 rings (SSSR count). The van der Waals surface area contributed by atoms with Gasteiger partial charge in [0.05, 0.1) is 18.3 Å². The normalized spacial score (nSPS) is 16.1. The highest BCUT2D eigenvalue weighted by atomic mass is 32.2. The number of carboxylic acid groups (broad SMARTS) is 1. The third kappa shape index (κ3) is 4.28. The molecule has 0 saturated heterocycles. The number of sulfonamides is 1. The number of aromatic carboxylic acids is 1. The summed E-state index contributed by atoms with van der Waals surface area (Å²) in [5.74, 6) is -1.25. The van der Waals surface area contributed by atoms with Crippen molar-refractivity contribution in [3.05, 3.63) is 16.0 Å². The molecule has 23 heavy (non-hydrogen) atoms. The molecular formula is C13H20N2O6S2. The molecule has 0 aliphatic carbocycles. The summed E-state index contributed by atoms with van der Waals surface area (Å²) >= 11 is 0.960. The highest BCUT2D eigenvalue weighted by molar-refractivity contribution is 7.91. The van der Waals surface area contributed by atoms with Gasteiger partial charge in [-0.25, -0.2) is 17.9 Å². The average Bonchev–Trinajstić information content (AvgIpc) is 2.91. The van der Waals surface area contributed by atoms with E-state index in [4.69, 9.17) is 4.74 Å². The lowest BCUT2D eigenvalue weighted by atomic mass is 10.1. The van der Waals surface area contributed by atoms with E-state index in [0.717, 1.165) is 16.2 Å². The van der Waals surface area contributed by atoms with Crippen molar-refractivity contribution in [1.29, 1.82) is 0 Å². The standard InChI is InChI=1S/C13H20N2O6S2/c1-2-21-7-8(16)5-15-23(19,20)13-11(12(17)18)9-3-4-14-6-10(9)22-13/h8,14-16H,2-7H2,1H3,(H,17,18)/t8-/m1/s1. The highest BCUT2D eigenvalue weighted by Gasteiger charge is 2.32. The van der Waals surface area contributed by atoms with Crippen molar-refractivity contribution in [3.8, 4) is 0 Å². The predicted octanol–water partition coefficient (Wildman–Crippen LogP) is -0.232. The second-order valence-electron chi connectivity index (χ2n) is 5.06. The number of carbonyl (C=O) groups is 1. The molecule has 1 aliphatic rings. The lowest BCUT2D eigenvalue weighted by Crippen LogP contribution is -2.34. The number of aliphatic hydroxyl groups excluding tert-OH is 1. The first-order chi connectivity index (χ1) is 10.9. The van der Waals surface area contributed by atoms with Crippen LogP contribution in [0.5, 0.6) is 0 Å². The Morgan fingerprint density at radius 1 is 1.52 bits per heavy atom. The van der Waals surface area contributed by atoms with Crippen molar-refractivity contribution in [2.75, 3.05) is 26.3 Å². The van der Waals surface area contributed by atoms with E-state index in [9.17, 15) is 23.4 Å². The zero-order chi connectivity index (χ0) is 17.0. The lowest BCUT2D eigenvalue weighted by molar-refractivity contribution is 0.0456. The summed E-state index contributed by atoms with van der Waals surface area (Å²) < 4.78 is 31.9. The number of fused-ring (bicyclic) bond motifs is 1. The molecule has 1 aromatic rings. The molecule has 0 radical (unpaired) electrons. The predicted molar refractivity (Wildman–Crippen MR) is 84.4 cm³/mol. The Bertz CT molecular complexity index is 670. The summed E-state index contributed by atoms with van der Waals surface area (Å²) in [6, 6.07) is 0. The first kappa shape index (κ1) is 18.3. The summed E-state index contributed by atoms with van der Waals surface area (Å²) in [6.45, 7) is 3.03. The van der Waals surface area contributed by atoms with Gasteiger partial charge >= 0.3 is 5.97 Å². The van der Waals surface area contributed by atoms with Gasteiger partial charge in [-0.2, -0.15) is 0 Å². The van der Waals surface area contributed by atoms with Gasteiger partial charge in [0.15, 0.2) is 0 Å². The number of hydrogen-bond donors (Lipinski definition) is 4. The van der Waals surface area contributed by atoms with Gasteiger partial charge in [-0.05, 0) is 25.5 Å². The molecule has 0 saturated carbocycles. The van der Waals surface area contributed by atoms with E-state index in [1.54, 1.807) is 6.92 Å². The minimum atomic E-state index is -4.01. The third-order valence-electron chi connectivity index (χ3n) is 3.38. The maximum absolute atomic E-state index is 12.4. The van der Waals surface area contributed by atoms with E-state index >= 15 is 0 Å². The van der Waals surface area contributed by atoms with Crippen molar-refractivity contribution in [2.24, 2.45) is 0 Å². The van der Waals surface area contributed by atoms with Crippen LogP contribution in [0.3, 0.4) is 0 Å². The zero-order valence-corrected chi connectivity index (χ0v) is 14.3. The Balaban J connectivity index is 2.22. The molecule has 2 heterocycles. The molecule has 0 bridgehead atoms. The maximum Gasteiger partial charge on any atom is 0.338 e. The minimum Gasteiger partial charge on any atom is -0.478 e. The first-order valence-corrected chi connectivity index (χ1v) is 9.50. The Labute approximate surface area is 138 Å². The molecule has 1 aromatic heterocycles. The van der Waals surface area contributed by atoms with E-state index in [2.05, 4.69) is 10.0 Å². The molecule has 130 valence electrons. The van der Waals surface area contributed by atoms with Crippen molar-refractivity contribution in [3.63, 3.8) is 0 Å². The lowest BCUT2D eigenvalue weighted by Gasteiger charge is -2.13. The second kappa shape index (κ2) is 7.69. The molecule has 0 aromatic carbocycles. The Hall–Kier alpha value is -1.04. The second-order valence-corrected chi connectivity index (χ2v) is 8.13. The van der Waals surface area contributed by atoms with Gasteiger partial charge < -0.3 is 20.3 Å². The summed E-state index contributed by atoms with van der Waals surface area (Å²) in [5, 5.41) is 22.1.